The van der Waals surface area contributed by atoms with Gasteiger partial charge >= 0.3 is 0 Å². The van der Waals surface area contributed by atoms with Crippen LogP contribution in [0.15, 0.2) is 34.8 Å². The molecule has 0 unspecified atom stereocenters. The maximum Gasteiger partial charge on any atom is 0.0432 e. The number of benzene rings is 1. The average molecular weight is 244 g/mol. The van der Waals surface area contributed by atoms with Gasteiger partial charge in [-0.3, -0.25) is 0 Å². The highest BCUT2D eigenvalue weighted by Gasteiger charge is 2.04. The smallest absolute Gasteiger partial charge is 0.0432 e. The largest absolute Gasteiger partial charge is 0.305 e. The van der Waals surface area contributed by atoms with Crippen LogP contribution < -0.4 is 5.32 Å². The zero-order valence-corrected chi connectivity index (χ0v) is 10.4. The SMILES string of the molecule is Cc1ccc([C@@H](C)NC/C(Cl)=C/Cl)cc1. The highest BCUT2D eigenvalue weighted by Crippen LogP contribution is 2.13. The molecule has 1 atom stereocenters. The van der Waals surface area contributed by atoms with Crippen molar-refractivity contribution < 1.29 is 0 Å². The molecule has 0 fully saturated rings. The first-order valence-electron chi connectivity index (χ1n) is 4.88. The first-order chi connectivity index (χ1) is 7.13. The first kappa shape index (κ1) is 12.6. The summed E-state index contributed by atoms with van der Waals surface area (Å²) in [7, 11) is 0. The molecule has 0 saturated heterocycles. The van der Waals surface area contributed by atoms with Crippen molar-refractivity contribution in [3.8, 4) is 0 Å². The summed E-state index contributed by atoms with van der Waals surface area (Å²) in [5.74, 6) is 0. The van der Waals surface area contributed by atoms with Gasteiger partial charge in [0.2, 0.25) is 0 Å². The van der Waals surface area contributed by atoms with Gasteiger partial charge in [0.1, 0.15) is 0 Å². The van der Waals surface area contributed by atoms with Crippen LogP contribution in [-0.4, -0.2) is 6.54 Å². The summed E-state index contributed by atoms with van der Waals surface area (Å²) in [6.07, 6.45) is 0. The summed E-state index contributed by atoms with van der Waals surface area (Å²) in [6, 6.07) is 8.71. The fourth-order valence-electron chi connectivity index (χ4n) is 1.26. The lowest BCUT2D eigenvalue weighted by Crippen LogP contribution is -2.19. The van der Waals surface area contributed by atoms with E-state index >= 15 is 0 Å². The Labute approximate surface area is 101 Å². The maximum atomic E-state index is 5.79. The van der Waals surface area contributed by atoms with Crippen LogP contribution in [0.2, 0.25) is 0 Å². The van der Waals surface area contributed by atoms with E-state index in [1.165, 1.54) is 16.7 Å². The van der Waals surface area contributed by atoms with Crippen molar-refractivity contribution in [3.05, 3.63) is 46.0 Å². The van der Waals surface area contributed by atoms with Gasteiger partial charge in [-0.15, -0.1) is 0 Å². The minimum atomic E-state index is 0.274. The van der Waals surface area contributed by atoms with Gasteiger partial charge in [-0.25, -0.2) is 0 Å². The Hall–Kier alpha value is -0.500. The molecule has 0 amide bonds. The Morgan fingerprint density at radius 1 is 1.40 bits per heavy atom. The molecule has 1 rings (SSSR count). The molecule has 0 aromatic heterocycles. The van der Waals surface area contributed by atoms with Crippen molar-refractivity contribution in [1.82, 2.24) is 5.32 Å². The van der Waals surface area contributed by atoms with Crippen LogP contribution in [0.1, 0.15) is 24.1 Å². The molecule has 0 heterocycles. The monoisotopic (exact) mass is 243 g/mol. The highest BCUT2D eigenvalue weighted by molar-refractivity contribution is 6.36. The van der Waals surface area contributed by atoms with E-state index in [-0.39, 0.29) is 6.04 Å². The summed E-state index contributed by atoms with van der Waals surface area (Å²) >= 11 is 11.3. The third-order valence-electron chi connectivity index (χ3n) is 2.27. The molecular weight excluding hydrogens is 229 g/mol. The van der Waals surface area contributed by atoms with E-state index in [1.807, 2.05) is 0 Å². The zero-order valence-electron chi connectivity index (χ0n) is 8.93. The molecule has 1 N–H and O–H groups in total. The van der Waals surface area contributed by atoms with E-state index < -0.39 is 0 Å². The molecule has 0 bridgehead atoms. The van der Waals surface area contributed by atoms with Crippen LogP contribution >= 0.6 is 23.2 Å². The number of rotatable bonds is 4. The van der Waals surface area contributed by atoms with E-state index in [4.69, 9.17) is 23.2 Å². The van der Waals surface area contributed by atoms with Crippen LogP contribution in [0.4, 0.5) is 0 Å². The maximum absolute atomic E-state index is 5.79. The Balaban J connectivity index is 2.53. The molecule has 0 aliphatic rings. The van der Waals surface area contributed by atoms with E-state index in [0.717, 1.165) is 0 Å². The van der Waals surface area contributed by atoms with Crippen LogP contribution in [0.3, 0.4) is 0 Å². The van der Waals surface area contributed by atoms with Crippen LogP contribution in [0.25, 0.3) is 0 Å². The molecule has 0 radical (unpaired) electrons. The standard InChI is InChI=1S/C12H15Cl2N/c1-9-3-5-11(6-4-9)10(2)15-8-12(14)7-13/h3-7,10,15H,8H2,1-2H3/b12-7-/t10-/m1/s1. The molecule has 1 aromatic carbocycles. The summed E-state index contributed by atoms with van der Waals surface area (Å²) in [6.45, 7) is 4.78. The van der Waals surface area contributed by atoms with Gasteiger partial charge in [0.25, 0.3) is 0 Å². The van der Waals surface area contributed by atoms with Crippen molar-refractivity contribution in [3.63, 3.8) is 0 Å². The predicted molar refractivity (Wildman–Crippen MR) is 67.4 cm³/mol. The number of halogens is 2. The van der Waals surface area contributed by atoms with Crippen molar-refractivity contribution in [2.24, 2.45) is 0 Å². The van der Waals surface area contributed by atoms with Gasteiger partial charge in [-0.1, -0.05) is 53.0 Å². The Morgan fingerprint density at radius 2 is 2.00 bits per heavy atom. The van der Waals surface area contributed by atoms with Gasteiger partial charge in [-0.2, -0.15) is 0 Å². The van der Waals surface area contributed by atoms with Gasteiger partial charge in [0, 0.05) is 23.2 Å². The first-order valence-corrected chi connectivity index (χ1v) is 5.69. The van der Waals surface area contributed by atoms with Crippen molar-refractivity contribution in [1.29, 1.82) is 0 Å². The second-order valence-electron chi connectivity index (χ2n) is 3.57. The second-order valence-corrected chi connectivity index (χ2v) is 4.27. The topological polar surface area (TPSA) is 12.0 Å². The molecule has 1 aromatic rings. The minimum Gasteiger partial charge on any atom is -0.305 e. The Kier molecular flexibility index (Phi) is 5.16. The fourth-order valence-corrected chi connectivity index (χ4v) is 1.42. The highest BCUT2D eigenvalue weighted by atomic mass is 35.5. The van der Waals surface area contributed by atoms with Crippen LogP contribution in [0, 0.1) is 6.92 Å². The van der Waals surface area contributed by atoms with E-state index in [1.54, 1.807) is 0 Å². The third kappa shape index (κ3) is 4.25. The van der Waals surface area contributed by atoms with E-state index in [9.17, 15) is 0 Å². The molecule has 0 aliphatic carbocycles. The summed E-state index contributed by atoms with van der Waals surface area (Å²) in [5, 5.41) is 3.91. The molecule has 82 valence electrons. The number of hydrogen-bond acceptors (Lipinski definition) is 1. The number of nitrogens with one attached hydrogen (secondary N) is 1. The van der Waals surface area contributed by atoms with Crippen molar-refractivity contribution in [2.45, 2.75) is 19.9 Å². The molecule has 0 spiro atoms. The van der Waals surface area contributed by atoms with Crippen LogP contribution in [-0.2, 0) is 0 Å². The molecular formula is C12H15Cl2N. The lowest BCUT2D eigenvalue weighted by molar-refractivity contribution is 0.614. The normalized spacial score (nSPS) is 14.0. The molecule has 3 heteroatoms. The number of aryl methyl sites for hydroxylation is 1. The van der Waals surface area contributed by atoms with E-state index in [0.29, 0.717) is 11.6 Å². The minimum absolute atomic E-state index is 0.274. The number of hydrogen-bond donors (Lipinski definition) is 1. The zero-order chi connectivity index (χ0) is 11.3. The van der Waals surface area contributed by atoms with Gasteiger partial charge in [0.15, 0.2) is 0 Å². The van der Waals surface area contributed by atoms with Crippen LogP contribution in [0.5, 0.6) is 0 Å². The molecule has 1 nitrogen and oxygen atoms in total. The fraction of sp³-hybridized carbons (Fsp3) is 0.333. The lowest BCUT2D eigenvalue weighted by atomic mass is 10.1. The third-order valence-corrected chi connectivity index (χ3v) is 2.89. The predicted octanol–water partition coefficient (Wildman–Crippen LogP) is 3.96. The van der Waals surface area contributed by atoms with Crippen molar-refractivity contribution in [2.75, 3.05) is 6.54 Å². The Bertz CT molecular complexity index is 330. The summed E-state index contributed by atoms with van der Waals surface area (Å²) in [4.78, 5) is 0. The lowest BCUT2D eigenvalue weighted by Gasteiger charge is -2.13. The molecule has 0 saturated carbocycles. The summed E-state index contributed by atoms with van der Waals surface area (Å²) < 4.78 is 0. The quantitative estimate of drug-likeness (QED) is 0.845. The average Bonchev–Trinajstić information content (AvgIpc) is 2.26. The van der Waals surface area contributed by atoms with Gasteiger partial charge in [0.05, 0.1) is 0 Å². The van der Waals surface area contributed by atoms with E-state index in [2.05, 4.69) is 43.4 Å². The van der Waals surface area contributed by atoms with Gasteiger partial charge in [-0.05, 0) is 19.4 Å². The Morgan fingerprint density at radius 3 is 2.53 bits per heavy atom. The molecule has 15 heavy (non-hydrogen) atoms. The molecule has 0 aliphatic heterocycles. The second kappa shape index (κ2) is 6.16. The summed E-state index contributed by atoms with van der Waals surface area (Å²) in [5.41, 5.74) is 3.90. The van der Waals surface area contributed by atoms with Crippen molar-refractivity contribution >= 4 is 23.2 Å². The van der Waals surface area contributed by atoms with Gasteiger partial charge < -0.3 is 5.32 Å².